The summed E-state index contributed by atoms with van der Waals surface area (Å²) < 4.78 is 36.9. The van der Waals surface area contributed by atoms with Gasteiger partial charge >= 0.3 is 0 Å². The Morgan fingerprint density at radius 1 is 1.23 bits per heavy atom. The van der Waals surface area contributed by atoms with Crippen LogP contribution in [0.1, 0.15) is 16.9 Å². The molecule has 0 spiro atoms. The maximum Gasteiger partial charge on any atom is 0.151 e. The third-order valence-electron chi connectivity index (χ3n) is 3.94. The Hall–Kier alpha value is -1.24. The first kappa shape index (κ1) is 15.6. The van der Waals surface area contributed by atoms with Crippen LogP contribution in [0.15, 0.2) is 41.8 Å². The van der Waals surface area contributed by atoms with Gasteiger partial charge in [0.15, 0.2) is 9.84 Å². The summed E-state index contributed by atoms with van der Waals surface area (Å²) in [5.41, 5.74) is 0.876. The molecule has 6 heteroatoms. The number of rotatable bonds is 5. The van der Waals surface area contributed by atoms with E-state index in [-0.39, 0.29) is 23.4 Å². The second-order valence-corrected chi connectivity index (χ2v) is 8.93. The van der Waals surface area contributed by atoms with E-state index >= 15 is 0 Å². The third-order valence-corrected chi connectivity index (χ3v) is 6.55. The van der Waals surface area contributed by atoms with Gasteiger partial charge in [-0.15, -0.1) is 11.3 Å². The largest absolute Gasteiger partial charge is 0.290 e. The number of halogens is 1. The van der Waals surface area contributed by atoms with Crippen molar-refractivity contribution < 1.29 is 12.8 Å². The fourth-order valence-electron chi connectivity index (χ4n) is 2.85. The van der Waals surface area contributed by atoms with E-state index in [0.717, 1.165) is 5.56 Å². The van der Waals surface area contributed by atoms with Crippen LogP contribution in [0.3, 0.4) is 0 Å². The van der Waals surface area contributed by atoms with E-state index in [1.807, 2.05) is 23.6 Å². The molecule has 0 radical (unpaired) electrons. The van der Waals surface area contributed by atoms with Crippen LogP contribution in [0.25, 0.3) is 0 Å². The van der Waals surface area contributed by atoms with E-state index < -0.39 is 9.84 Å². The van der Waals surface area contributed by atoms with Crippen molar-refractivity contribution in [2.24, 2.45) is 0 Å². The third kappa shape index (κ3) is 3.94. The summed E-state index contributed by atoms with van der Waals surface area (Å²) in [6, 6.07) is 10.6. The molecule has 1 atom stereocenters. The van der Waals surface area contributed by atoms with Gasteiger partial charge in [-0.25, -0.2) is 12.8 Å². The van der Waals surface area contributed by atoms with Gasteiger partial charge in [0.05, 0.1) is 11.5 Å². The Morgan fingerprint density at radius 3 is 2.73 bits per heavy atom. The summed E-state index contributed by atoms with van der Waals surface area (Å²) in [5.74, 6) is 0.197. The molecule has 118 valence electrons. The number of thiophene rings is 1. The molecule has 1 aromatic carbocycles. The molecule has 1 aromatic heterocycles. The lowest BCUT2D eigenvalue weighted by atomic mass is 10.1. The first-order valence-electron chi connectivity index (χ1n) is 7.23. The maximum absolute atomic E-state index is 13.4. The molecule has 1 aliphatic heterocycles. The molecule has 0 unspecified atom stereocenters. The highest BCUT2D eigenvalue weighted by Gasteiger charge is 2.32. The SMILES string of the molecule is O=S1(=O)CC[C@@H](N(Cc2cccc(F)c2)Cc2cccs2)C1. The predicted octanol–water partition coefficient (Wildman–Crippen LogP) is 3.08. The molecule has 0 bridgehead atoms. The Morgan fingerprint density at radius 2 is 2.09 bits per heavy atom. The number of benzene rings is 1. The van der Waals surface area contributed by atoms with E-state index in [1.54, 1.807) is 17.4 Å². The lowest BCUT2D eigenvalue weighted by molar-refractivity contribution is 0.196. The molecule has 2 heterocycles. The highest BCUT2D eigenvalue weighted by Crippen LogP contribution is 2.23. The van der Waals surface area contributed by atoms with Crippen molar-refractivity contribution in [1.29, 1.82) is 0 Å². The lowest BCUT2D eigenvalue weighted by Crippen LogP contribution is -2.35. The van der Waals surface area contributed by atoms with Crippen LogP contribution in [0.2, 0.25) is 0 Å². The highest BCUT2D eigenvalue weighted by molar-refractivity contribution is 7.91. The van der Waals surface area contributed by atoms with Gasteiger partial charge in [-0.3, -0.25) is 4.90 Å². The van der Waals surface area contributed by atoms with Crippen LogP contribution in [0.4, 0.5) is 4.39 Å². The van der Waals surface area contributed by atoms with E-state index in [9.17, 15) is 12.8 Å². The standard InChI is InChI=1S/C16H18FNO2S2/c17-14-4-1-3-13(9-14)10-18(11-16-5-2-7-21-16)15-6-8-22(19,20)12-15/h1-5,7,9,15H,6,8,10-12H2/t15-/m1/s1. The topological polar surface area (TPSA) is 37.4 Å². The average molecular weight is 339 g/mol. The van der Waals surface area contributed by atoms with E-state index in [1.165, 1.54) is 17.0 Å². The van der Waals surface area contributed by atoms with E-state index in [4.69, 9.17) is 0 Å². The zero-order valence-corrected chi connectivity index (χ0v) is 13.7. The molecular weight excluding hydrogens is 321 g/mol. The van der Waals surface area contributed by atoms with Gasteiger partial charge in [0.1, 0.15) is 5.82 Å². The van der Waals surface area contributed by atoms with Crippen molar-refractivity contribution >= 4 is 21.2 Å². The summed E-state index contributed by atoms with van der Waals surface area (Å²) in [6.07, 6.45) is 0.656. The summed E-state index contributed by atoms with van der Waals surface area (Å²) in [5, 5.41) is 2.01. The molecule has 2 aromatic rings. The lowest BCUT2D eigenvalue weighted by Gasteiger charge is -2.27. The van der Waals surface area contributed by atoms with Crippen molar-refractivity contribution in [1.82, 2.24) is 4.90 Å². The van der Waals surface area contributed by atoms with Gasteiger partial charge in [-0.1, -0.05) is 18.2 Å². The normalized spacial score (nSPS) is 20.5. The zero-order valence-electron chi connectivity index (χ0n) is 12.1. The zero-order chi connectivity index (χ0) is 15.6. The van der Waals surface area contributed by atoms with Crippen molar-refractivity contribution in [3.8, 4) is 0 Å². The minimum absolute atomic E-state index is 0.00960. The van der Waals surface area contributed by atoms with Crippen LogP contribution in [0, 0.1) is 5.82 Å². The van der Waals surface area contributed by atoms with Crippen LogP contribution >= 0.6 is 11.3 Å². The molecule has 0 amide bonds. The molecule has 3 rings (SSSR count). The van der Waals surface area contributed by atoms with Crippen molar-refractivity contribution in [2.45, 2.75) is 25.6 Å². The molecule has 1 saturated heterocycles. The first-order chi connectivity index (χ1) is 10.5. The second kappa shape index (κ2) is 6.48. The second-order valence-electron chi connectivity index (χ2n) is 5.67. The molecule has 0 N–H and O–H groups in total. The van der Waals surface area contributed by atoms with Crippen molar-refractivity contribution in [3.05, 3.63) is 58.0 Å². The van der Waals surface area contributed by atoms with Gasteiger partial charge in [0.2, 0.25) is 0 Å². The Balaban J connectivity index is 1.79. The smallest absolute Gasteiger partial charge is 0.151 e. The molecule has 0 saturated carbocycles. The molecule has 0 aliphatic carbocycles. The van der Waals surface area contributed by atoms with Gasteiger partial charge in [0, 0.05) is 24.0 Å². The first-order valence-corrected chi connectivity index (χ1v) is 9.93. The summed E-state index contributed by atoms with van der Waals surface area (Å²) >= 11 is 1.66. The fourth-order valence-corrected chi connectivity index (χ4v) is 5.34. The summed E-state index contributed by atoms with van der Waals surface area (Å²) in [7, 11) is -2.93. The van der Waals surface area contributed by atoms with Crippen LogP contribution in [0.5, 0.6) is 0 Å². The maximum atomic E-state index is 13.4. The van der Waals surface area contributed by atoms with E-state index in [2.05, 4.69) is 4.90 Å². The van der Waals surface area contributed by atoms with Gasteiger partial charge in [0.25, 0.3) is 0 Å². The van der Waals surface area contributed by atoms with Gasteiger partial charge in [-0.2, -0.15) is 0 Å². The van der Waals surface area contributed by atoms with E-state index in [0.29, 0.717) is 19.5 Å². The summed E-state index contributed by atoms with van der Waals surface area (Å²) in [6.45, 7) is 1.27. The number of sulfone groups is 1. The number of nitrogens with zero attached hydrogens (tertiary/aromatic N) is 1. The predicted molar refractivity (Wildman–Crippen MR) is 87.0 cm³/mol. The van der Waals surface area contributed by atoms with Gasteiger partial charge < -0.3 is 0 Å². The minimum atomic E-state index is -2.93. The molecule has 1 aliphatic rings. The highest BCUT2D eigenvalue weighted by atomic mass is 32.2. The Kier molecular flexibility index (Phi) is 4.61. The molecular formula is C16H18FNO2S2. The quantitative estimate of drug-likeness (QED) is 0.840. The van der Waals surface area contributed by atoms with Crippen LogP contribution < -0.4 is 0 Å². The Bertz CT molecular complexity index is 728. The molecule has 1 fully saturated rings. The molecule has 22 heavy (non-hydrogen) atoms. The van der Waals surface area contributed by atoms with Gasteiger partial charge in [-0.05, 0) is 35.6 Å². The number of hydrogen-bond donors (Lipinski definition) is 0. The number of hydrogen-bond acceptors (Lipinski definition) is 4. The molecule has 3 nitrogen and oxygen atoms in total. The monoisotopic (exact) mass is 339 g/mol. The minimum Gasteiger partial charge on any atom is -0.290 e. The fraction of sp³-hybridized carbons (Fsp3) is 0.375. The average Bonchev–Trinajstić information content (AvgIpc) is 3.07. The van der Waals surface area contributed by atoms with Crippen LogP contribution in [-0.2, 0) is 22.9 Å². The van der Waals surface area contributed by atoms with Crippen LogP contribution in [-0.4, -0.2) is 30.9 Å². The van der Waals surface area contributed by atoms with Crippen molar-refractivity contribution in [3.63, 3.8) is 0 Å². The Labute approximate surface area is 134 Å². The summed E-state index contributed by atoms with van der Waals surface area (Å²) in [4.78, 5) is 3.35. The van der Waals surface area contributed by atoms with Crippen molar-refractivity contribution in [2.75, 3.05) is 11.5 Å².